The first kappa shape index (κ1) is 12.8. The van der Waals surface area contributed by atoms with E-state index in [1.165, 1.54) is 6.07 Å². The van der Waals surface area contributed by atoms with E-state index < -0.39 is 0 Å². The molecule has 2 aromatic rings. The molecule has 0 spiro atoms. The molecular formula is C17H12O5. The quantitative estimate of drug-likeness (QED) is 0.819. The molecule has 0 saturated heterocycles. The van der Waals surface area contributed by atoms with Crippen molar-refractivity contribution in [3.8, 4) is 23.0 Å². The largest absolute Gasteiger partial charge is 0.508 e. The van der Waals surface area contributed by atoms with Gasteiger partial charge in [-0.1, -0.05) is 6.07 Å². The van der Waals surface area contributed by atoms with Crippen molar-refractivity contribution < 1.29 is 24.1 Å². The van der Waals surface area contributed by atoms with E-state index in [0.717, 1.165) is 5.56 Å². The zero-order valence-electron chi connectivity index (χ0n) is 11.8. The molecule has 22 heavy (non-hydrogen) atoms. The zero-order chi connectivity index (χ0) is 15.3. The highest BCUT2D eigenvalue weighted by molar-refractivity contribution is 6.14. The highest BCUT2D eigenvalue weighted by Crippen LogP contribution is 2.39. The van der Waals surface area contributed by atoms with Gasteiger partial charge in [0.25, 0.3) is 0 Å². The van der Waals surface area contributed by atoms with E-state index >= 15 is 0 Å². The molecule has 0 atom stereocenters. The molecular weight excluding hydrogens is 284 g/mol. The molecule has 4 rings (SSSR count). The Morgan fingerprint density at radius 3 is 2.82 bits per heavy atom. The Labute approximate surface area is 126 Å². The Kier molecular flexibility index (Phi) is 2.63. The number of carbonyl (C=O) groups is 1. The van der Waals surface area contributed by atoms with E-state index in [-0.39, 0.29) is 24.1 Å². The van der Waals surface area contributed by atoms with Crippen LogP contribution >= 0.6 is 0 Å². The standard InChI is InChI=1S/C17H12O5/c1-9-12(18)4-3-11-16(19)15(22-17(9)11)7-10-2-5-13-14(6-10)21-8-20-13/h2-7,18H,8H2,1H3/b15-7-. The van der Waals surface area contributed by atoms with Crippen molar-refractivity contribution in [3.63, 3.8) is 0 Å². The topological polar surface area (TPSA) is 65.0 Å². The van der Waals surface area contributed by atoms with Gasteiger partial charge in [0.1, 0.15) is 11.5 Å². The Morgan fingerprint density at radius 2 is 1.95 bits per heavy atom. The van der Waals surface area contributed by atoms with Crippen LogP contribution in [0.25, 0.3) is 6.08 Å². The number of rotatable bonds is 1. The number of Topliss-reactive ketones (excluding diaryl/α,β-unsaturated/α-hetero) is 1. The van der Waals surface area contributed by atoms with Crippen LogP contribution < -0.4 is 14.2 Å². The molecule has 0 aromatic heterocycles. The average Bonchev–Trinajstić information content (AvgIpc) is 3.09. The molecule has 5 nitrogen and oxygen atoms in total. The predicted molar refractivity (Wildman–Crippen MR) is 78.3 cm³/mol. The number of hydrogen-bond donors (Lipinski definition) is 1. The smallest absolute Gasteiger partial charge is 0.231 e. The molecule has 2 aliphatic rings. The molecule has 2 heterocycles. The lowest BCUT2D eigenvalue weighted by Gasteiger charge is -2.04. The average molecular weight is 296 g/mol. The zero-order valence-corrected chi connectivity index (χ0v) is 11.8. The fraction of sp³-hybridized carbons (Fsp3) is 0.118. The molecule has 5 heteroatoms. The van der Waals surface area contributed by atoms with Crippen LogP contribution in [0.4, 0.5) is 0 Å². The molecule has 2 aliphatic heterocycles. The second-order valence-electron chi connectivity index (χ2n) is 5.14. The maximum Gasteiger partial charge on any atom is 0.231 e. The highest BCUT2D eigenvalue weighted by atomic mass is 16.7. The molecule has 0 aliphatic carbocycles. The summed E-state index contributed by atoms with van der Waals surface area (Å²) in [6.07, 6.45) is 1.65. The predicted octanol–water partition coefficient (Wildman–Crippen LogP) is 3.05. The van der Waals surface area contributed by atoms with E-state index in [2.05, 4.69) is 0 Å². The summed E-state index contributed by atoms with van der Waals surface area (Å²) in [4.78, 5) is 12.4. The van der Waals surface area contributed by atoms with Crippen LogP contribution in [0.1, 0.15) is 21.5 Å². The van der Waals surface area contributed by atoms with Gasteiger partial charge in [-0.25, -0.2) is 0 Å². The molecule has 0 saturated carbocycles. The third kappa shape index (κ3) is 1.83. The van der Waals surface area contributed by atoms with Crippen LogP contribution in [-0.4, -0.2) is 17.7 Å². The Hall–Kier alpha value is -2.95. The van der Waals surface area contributed by atoms with Crippen LogP contribution in [0.3, 0.4) is 0 Å². The lowest BCUT2D eigenvalue weighted by Crippen LogP contribution is -1.97. The van der Waals surface area contributed by atoms with Gasteiger partial charge < -0.3 is 19.3 Å². The van der Waals surface area contributed by atoms with Crippen molar-refractivity contribution in [2.75, 3.05) is 6.79 Å². The van der Waals surface area contributed by atoms with E-state index in [9.17, 15) is 9.90 Å². The molecule has 0 radical (unpaired) electrons. The lowest BCUT2D eigenvalue weighted by atomic mass is 10.1. The van der Waals surface area contributed by atoms with Gasteiger partial charge in [-0.15, -0.1) is 0 Å². The lowest BCUT2D eigenvalue weighted by molar-refractivity contribution is 0.101. The van der Waals surface area contributed by atoms with Gasteiger partial charge in [-0.2, -0.15) is 0 Å². The third-order valence-corrected chi connectivity index (χ3v) is 3.75. The van der Waals surface area contributed by atoms with Gasteiger partial charge in [-0.3, -0.25) is 4.79 Å². The number of ether oxygens (including phenoxy) is 3. The molecule has 2 aromatic carbocycles. The maximum atomic E-state index is 12.4. The summed E-state index contributed by atoms with van der Waals surface area (Å²) in [6, 6.07) is 8.47. The summed E-state index contributed by atoms with van der Waals surface area (Å²) in [6.45, 7) is 1.92. The number of benzene rings is 2. The first-order valence-corrected chi connectivity index (χ1v) is 6.80. The van der Waals surface area contributed by atoms with Crippen molar-refractivity contribution in [3.05, 3.63) is 52.8 Å². The minimum Gasteiger partial charge on any atom is -0.508 e. The second-order valence-corrected chi connectivity index (χ2v) is 5.14. The number of fused-ring (bicyclic) bond motifs is 2. The van der Waals surface area contributed by atoms with Gasteiger partial charge in [0.05, 0.1) is 5.56 Å². The number of allylic oxidation sites excluding steroid dienone is 1. The number of aromatic hydroxyl groups is 1. The van der Waals surface area contributed by atoms with Crippen LogP contribution in [-0.2, 0) is 0 Å². The van der Waals surface area contributed by atoms with Crippen LogP contribution in [0.15, 0.2) is 36.1 Å². The monoisotopic (exact) mass is 296 g/mol. The maximum absolute atomic E-state index is 12.4. The van der Waals surface area contributed by atoms with Crippen LogP contribution in [0, 0.1) is 6.92 Å². The number of hydrogen-bond acceptors (Lipinski definition) is 5. The molecule has 0 unspecified atom stereocenters. The van der Waals surface area contributed by atoms with Crippen molar-refractivity contribution >= 4 is 11.9 Å². The molecule has 110 valence electrons. The first-order valence-electron chi connectivity index (χ1n) is 6.80. The molecule has 0 bridgehead atoms. The molecule has 0 fully saturated rings. The number of phenols is 1. The number of ketones is 1. The first-order chi connectivity index (χ1) is 10.6. The van der Waals surface area contributed by atoms with E-state index in [1.54, 1.807) is 31.2 Å². The highest BCUT2D eigenvalue weighted by Gasteiger charge is 2.29. The van der Waals surface area contributed by atoms with Crippen molar-refractivity contribution in [2.45, 2.75) is 6.92 Å². The van der Waals surface area contributed by atoms with Crippen LogP contribution in [0.5, 0.6) is 23.0 Å². The Morgan fingerprint density at radius 1 is 1.14 bits per heavy atom. The van der Waals surface area contributed by atoms with E-state index in [4.69, 9.17) is 14.2 Å². The Bertz CT molecular complexity index is 835. The fourth-order valence-corrected chi connectivity index (χ4v) is 2.53. The summed E-state index contributed by atoms with van der Waals surface area (Å²) < 4.78 is 16.2. The number of carbonyl (C=O) groups excluding carboxylic acids is 1. The summed E-state index contributed by atoms with van der Waals surface area (Å²) >= 11 is 0. The SMILES string of the molecule is Cc1c(O)ccc2c1O/C(=C\c1ccc3c(c1)OCO3)C2=O. The summed E-state index contributed by atoms with van der Waals surface area (Å²) in [5, 5.41) is 9.71. The van der Waals surface area contributed by atoms with Crippen molar-refractivity contribution in [2.24, 2.45) is 0 Å². The van der Waals surface area contributed by atoms with Crippen molar-refractivity contribution in [1.29, 1.82) is 0 Å². The minimum absolute atomic E-state index is 0.107. The summed E-state index contributed by atoms with van der Waals surface area (Å²) in [5.74, 6) is 1.88. The van der Waals surface area contributed by atoms with Gasteiger partial charge in [0.2, 0.25) is 12.6 Å². The van der Waals surface area contributed by atoms with E-state index in [0.29, 0.717) is 28.4 Å². The normalized spacial score (nSPS) is 16.8. The Balaban J connectivity index is 1.73. The summed E-state index contributed by atoms with van der Waals surface area (Å²) in [7, 11) is 0. The second kappa shape index (κ2) is 4.53. The molecule has 0 amide bonds. The van der Waals surface area contributed by atoms with E-state index in [1.807, 2.05) is 6.07 Å². The van der Waals surface area contributed by atoms with Crippen molar-refractivity contribution in [1.82, 2.24) is 0 Å². The fourth-order valence-electron chi connectivity index (χ4n) is 2.53. The van der Waals surface area contributed by atoms with Gasteiger partial charge >= 0.3 is 0 Å². The summed E-state index contributed by atoms with van der Waals surface area (Å²) in [5.41, 5.74) is 1.80. The van der Waals surface area contributed by atoms with Gasteiger partial charge in [0.15, 0.2) is 17.3 Å². The number of phenolic OH excluding ortho intramolecular Hbond substituents is 1. The minimum atomic E-state index is -0.198. The van der Waals surface area contributed by atoms with Gasteiger partial charge in [0, 0.05) is 5.56 Å². The third-order valence-electron chi connectivity index (χ3n) is 3.75. The van der Waals surface area contributed by atoms with Crippen LogP contribution in [0.2, 0.25) is 0 Å². The van der Waals surface area contributed by atoms with Gasteiger partial charge in [-0.05, 0) is 42.8 Å². The molecule has 1 N–H and O–H groups in total.